The van der Waals surface area contributed by atoms with Crippen LogP contribution in [0.1, 0.15) is 13.8 Å². The van der Waals surface area contributed by atoms with Crippen LogP contribution in [0.15, 0.2) is 0 Å². The standard InChI is InChI=1S/C4H11N.ClH2O3P/c1-3-5-4-2;1-5(2,3)4/h5H,3-4H2,1-2H3;(H2,2,3,4). The van der Waals surface area contributed by atoms with E-state index in [1.165, 1.54) is 0 Å². The van der Waals surface area contributed by atoms with Gasteiger partial charge in [0.1, 0.15) is 0 Å². The van der Waals surface area contributed by atoms with Crippen molar-refractivity contribution < 1.29 is 14.4 Å². The molecular weight excluding hydrogens is 176 g/mol. The monoisotopic (exact) mass is 189 g/mol. The summed E-state index contributed by atoms with van der Waals surface area (Å²) < 4.78 is 9.09. The van der Waals surface area contributed by atoms with Gasteiger partial charge < -0.3 is 15.1 Å². The summed E-state index contributed by atoms with van der Waals surface area (Å²) in [6.45, 7) is 2.22. The molecule has 0 aromatic carbocycles. The molecule has 0 heterocycles. The van der Waals surface area contributed by atoms with Gasteiger partial charge in [0, 0.05) is 11.2 Å². The van der Waals surface area contributed by atoms with Gasteiger partial charge in [-0.2, -0.15) is 0 Å². The molecule has 3 N–H and O–H groups in total. The van der Waals surface area contributed by atoms with E-state index in [-0.39, 0.29) is 0 Å². The zero-order valence-electron chi connectivity index (χ0n) is 6.04. The van der Waals surface area contributed by atoms with Crippen LogP contribution >= 0.6 is 18.2 Å². The smallest absolute Gasteiger partial charge is 0.317 e. The third-order valence-corrected chi connectivity index (χ3v) is 0.500. The van der Waals surface area contributed by atoms with Crippen molar-refractivity contribution in [2.24, 2.45) is 0 Å². The summed E-state index contributed by atoms with van der Waals surface area (Å²) in [4.78, 5) is 14.8. The van der Waals surface area contributed by atoms with Gasteiger partial charge in [-0.05, 0) is 13.1 Å². The summed E-state index contributed by atoms with van der Waals surface area (Å²) in [5.74, 6) is 0. The van der Waals surface area contributed by atoms with Crippen LogP contribution in [0.5, 0.6) is 0 Å². The van der Waals surface area contributed by atoms with Crippen LogP contribution in [-0.4, -0.2) is 22.9 Å². The lowest BCUT2D eigenvalue weighted by Crippen LogP contribution is -2.09. The summed E-state index contributed by atoms with van der Waals surface area (Å²) in [6, 6.07) is 0. The van der Waals surface area contributed by atoms with Gasteiger partial charge in [-0.3, -0.25) is 0 Å². The van der Waals surface area contributed by atoms with Gasteiger partial charge in [-0.25, -0.2) is 4.57 Å². The average Bonchev–Trinajstić information content (AvgIpc) is 1.63. The van der Waals surface area contributed by atoms with Gasteiger partial charge in [0.2, 0.25) is 0 Å². The first-order valence-corrected chi connectivity index (χ1v) is 5.39. The molecule has 0 aliphatic rings. The molecule has 0 radical (unpaired) electrons. The van der Waals surface area contributed by atoms with Crippen molar-refractivity contribution in [2.75, 3.05) is 13.1 Å². The van der Waals surface area contributed by atoms with Crippen molar-refractivity contribution in [1.29, 1.82) is 0 Å². The van der Waals surface area contributed by atoms with Crippen molar-refractivity contribution in [2.45, 2.75) is 13.8 Å². The summed E-state index contributed by atoms with van der Waals surface area (Å²) in [5, 5.41) is 3.11. The zero-order valence-corrected chi connectivity index (χ0v) is 7.69. The van der Waals surface area contributed by atoms with E-state index < -0.39 is 6.95 Å². The Balaban J connectivity index is 0. The molecule has 0 aliphatic heterocycles. The molecule has 0 amide bonds. The summed E-state index contributed by atoms with van der Waals surface area (Å²) in [7, 11) is 0. The lowest BCUT2D eigenvalue weighted by atomic mass is 10.7. The molecule has 10 heavy (non-hydrogen) atoms. The molecule has 0 aromatic rings. The molecule has 0 rings (SSSR count). The lowest BCUT2D eigenvalue weighted by molar-refractivity contribution is 0.395. The van der Waals surface area contributed by atoms with Gasteiger partial charge in [-0.1, -0.05) is 13.8 Å². The minimum atomic E-state index is -4.17. The quantitative estimate of drug-likeness (QED) is 0.566. The van der Waals surface area contributed by atoms with Crippen molar-refractivity contribution >= 4 is 18.2 Å². The van der Waals surface area contributed by atoms with Crippen molar-refractivity contribution in [1.82, 2.24) is 5.32 Å². The van der Waals surface area contributed by atoms with Gasteiger partial charge in [-0.15, -0.1) is 0 Å². The molecule has 0 atom stereocenters. The minimum absolute atomic E-state index is 1.09. The van der Waals surface area contributed by atoms with Crippen molar-refractivity contribution in [3.63, 3.8) is 0 Å². The summed E-state index contributed by atoms with van der Waals surface area (Å²) in [6.07, 6.45) is 0. The maximum absolute atomic E-state index is 9.09. The number of hydrogen-bond donors (Lipinski definition) is 3. The SMILES string of the molecule is CCNCC.O=P(O)(O)Cl. The van der Waals surface area contributed by atoms with E-state index in [9.17, 15) is 0 Å². The fraction of sp³-hybridized carbons (Fsp3) is 1.00. The third-order valence-electron chi connectivity index (χ3n) is 0.500. The zero-order chi connectivity index (χ0) is 8.62. The second-order valence-corrected chi connectivity index (χ2v) is 3.70. The molecule has 0 aromatic heterocycles. The third kappa shape index (κ3) is 79.9. The second-order valence-electron chi connectivity index (χ2n) is 1.43. The first-order valence-electron chi connectivity index (χ1n) is 2.87. The number of hydrogen-bond acceptors (Lipinski definition) is 2. The van der Waals surface area contributed by atoms with Crippen molar-refractivity contribution in [3.05, 3.63) is 0 Å². The Labute approximate surface area is 65.5 Å². The number of nitrogens with one attached hydrogen (secondary N) is 1. The predicted octanol–water partition coefficient (Wildman–Crippen LogP) is 0.934. The molecule has 0 aliphatic carbocycles. The first-order chi connectivity index (χ1) is 4.41. The van der Waals surface area contributed by atoms with Gasteiger partial charge in [0.25, 0.3) is 0 Å². The molecule has 0 saturated carbocycles. The number of halogens is 1. The largest absolute Gasteiger partial charge is 0.419 e. The molecule has 6 heteroatoms. The van der Waals surface area contributed by atoms with Gasteiger partial charge in [0.05, 0.1) is 0 Å². The molecule has 0 fully saturated rings. The Morgan fingerprint density at radius 2 is 1.60 bits per heavy atom. The fourth-order valence-corrected chi connectivity index (χ4v) is 0.250. The molecule has 4 nitrogen and oxygen atoms in total. The molecule has 0 saturated heterocycles. The highest BCUT2D eigenvalue weighted by Gasteiger charge is 2.01. The maximum atomic E-state index is 9.09. The van der Waals surface area contributed by atoms with Crippen LogP contribution in [0.3, 0.4) is 0 Å². The Morgan fingerprint density at radius 3 is 1.60 bits per heavy atom. The van der Waals surface area contributed by atoms with Crippen LogP contribution in [-0.2, 0) is 4.57 Å². The Bertz CT molecular complexity index is 94.4. The Morgan fingerprint density at radius 1 is 1.40 bits per heavy atom. The van der Waals surface area contributed by atoms with Crippen LogP contribution in [0, 0.1) is 0 Å². The van der Waals surface area contributed by atoms with Crippen LogP contribution in [0.2, 0.25) is 0 Å². The molecule has 64 valence electrons. The molecule has 0 bridgehead atoms. The predicted molar refractivity (Wildman–Crippen MR) is 42.1 cm³/mol. The maximum Gasteiger partial charge on any atom is 0.419 e. The van der Waals surface area contributed by atoms with Crippen LogP contribution in [0.4, 0.5) is 0 Å². The Hall–Kier alpha value is 0.400. The highest BCUT2D eigenvalue weighted by molar-refractivity contribution is 7.79. The Kier molecular flexibility index (Phi) is 9.78. The second kappa shape index (κ2) is 7.51. The van der Waals surface area contributed by atoms with Crippen LogP contribution in [0.25, 0.3) is 0 Å². The van der Waals surface area contributed by atoms with Gasteiger partial charge >= 0.3 is 6.95 Å². The number of rotatable bonds is 2. The van der Waals surface area contributed by atoms with Crippen molar-refractivity contribution in [3.8, 4) is 0 Å². The molecular formula is C4H13ClNO3P. The van der Waals surface area contributed by atoms with E-state index in [2.05, 4.69) is 30.4 Å². The topological polar surface area (TPSA) is 69.6 Å². The van der Waals surface area contributed by atoms with Gasteiger partial charge in [0.15, 0.2) is 0 Å². The minimum Gasteiger partial charge on any atom is -0.317 e. The van der Waals surface area contributed by atoms with E-state index in [0.717, 1.165) is 13.1 Å². The van der Waals surface area contributed by atoms with Crippen LogP contribution < -0.4 is 5.32 Å². The normalized spacial score (nSPS) is 10.1. The highest BCUT2D eigenvalue weighted by Crippen LogP contribution is 2.39. The van der Waals surface area contributed by atoms with E-state index in [1.54, 1.807) is 0 Å². The molecule has 0 spiro atoms. The summed E-state index contributed by atoms with van der Waals surface area (Å²) >= 11 is 4.20. The fourth-order valence-electron chi connectivity index (χ4n) is 0.250. The van der Waals surface area contributed by atoms with E-state index in [0.29, 0.717) is 0 Å². The van der Waals surface area contributed by atoms with E-state index in [4.69, 9.17) is 14.4 Å². The first kappa shape index (κ1) is 13.0. The summed E-state index contributed by atoms with van der Waals surface area (Å²) in [5.41, 5.74) is 0. The average molecular weight is 190 g/mol. The van der Waals surface area contributed by atoms with E-state index >= 15 is 0 Å². The molecule has 0 unspecified atom stereocenters. The lowest BCUT2D eigenvalue weighted by Gasteiger charge is -1.86. The highest BCUT2D eigenvalue weighted by atomic mass is 35.7. The van der Waals surface area contributed by atoms with E-state index in [1.807, 2.05) is 0 Å².